The fourth-order valence-corrected chi connectivity index (χ4v) is 3.68. The number of ether oxygens (including phenoxy) is 1. The van der Waals surface area contributed by atoms with Gasteiger partial charge in [0.1, 0.15) is 11.9 Å². The van der Waals surface area contributed by atoms with E-state index >= 15 is 0 Å². The average Bonchev–Trinajstić information content (AvgIpc) is 3.28. The number of anilines is 1. The van der Waals surface area contributed by atoms with Crippen molar-refractivity contribution in [3.63, 3.8) is 0 Å². The molecule has 3 aromatic rings. The van der Waals surface area contributed by atoms with Crippen LogP contribution in [-0.4, -0.2) is 17.1 Å². The van der Waals surface area contributed by atoms with Crippen LogP contribution in [0.4, 0.5) is 5.69 Å². The van der Waals surface area contributed by atoms with E-state index < -0.39 is 0 Å². The number of benzene rings is 2. The van der Waals surface area contributed by atoms with Gasteiger partial charge in [0.2, 0.25) is 0 Å². The van der Waals surface area contributed by atoms with Gasteiger partial charge in [-0.3, -0.25) is 4.79 Å². The van der Waals surface area contributed by atoms with Gasteiger partial charge in [-0.25, -0.2) is 9.13 Å². The summed E-state index contributed by atoms with van der Waals surface area (Å²) in [5.74, 6) is 1.86. The van der Waals surface area contributed by atoms with E-state index in [1.807, 2.05) is 49.4 Å². The third kappa shape index (κ3) is 4.04. The van der Waals surface area contributed by atoms with Crippen LogP contribution in [0.5, 0.6) is 5.75 Å². The molecule has 0 radical (unpaired) electrons. The first-order valence-electron chi connectivity index (χ1n) is 9.45. The number of imidazole rings is 1. The monoisotopic (exact) mass is 397 g/mol. The first-order chi connectivity index (χ1) is 13.3. The van der Waals surface area contributed by atoms with E-state index in [0.29, 0.717) is 24.6 Å². The van der Waals surface area contributed by atoms with Crippen LogP contribution in [0.1, 0.15) is 19.2 Å². The predicted octanol–water partition coefficient (Wildman–Crippen LogP) is 0.430. The van der Waals surface area contributed by atoms with E-state index in [2.05, 4.69) is 32.8 Å². The van der Waals surface area contributed by atoms with Crippen molar-refractivity contribution in [2.45, 2.75) is 32.9 Å². The van der Waals surface area contributed by atoms with Crippen molar-refractivity contribution in [1.82, 2.24) is 4.57 Å². The highest BCUT2D eigenvalue weighted by Gasteiger charge is 2.29. The van der Waals surface area contributed by atoms with Crippen LogP contribution in [0.3, 0.4) is 0 Å². The van der Waals surface area contributed by atoms with Crippen LogP contribution in [0.2, 0.25) is 0 Å². The molecule has 0 saturated carbocycles. The highest BCUT2D eigenvalue weighted by atomic mass is 35.5. The topological polar surface area (TPSA) is 47.1 Å². The second-order valence-corrected chi connectivity index (χ2v) is 6.66. The fourth-order valence-electron chi connectivity index (χ4n) is 3.68. The molecule has 1 aliphatic rings. The van der Waals surface area contributed by atoms with E-state index in [4.69, 9.17) is 4.74 Å². The molecule has 0 unspecified atom stereocenters. The zero-order valence-corrected chi connectivity index (χ0v) is 16.7. The predicted molar refractivity (Wildman–Crippen MR) is 105 cm³/mol. The highest BCUT2D eigenvalue weighted by molar-refractivity contribution is 5.91. The lowest BCUT2D eigenvalue weighted by Crippen LogP contribution is -3.00. The molecule has 2 heterocycles. The van der Waals surface area contributed by atoms with Gasteiger partial charge >= 0.3 is 0 Å². The number of nitrogens with zero attached hydrogens (tertiary/aromatic N) is 2. The molecule has 28 heavy (non-hydrogen) atoms. The molecule has 146 valence electrons. The Morgan fingerprint density at radius 1 is 1.14 bits per heavy atom. The fraction of sp³-hybridized carbons (Fsp3) is 0.273. The third-order valence-corrected chi connectivity index (χ3v) is 4.84. The molecular weight excluding hydrogens is 374 g/mol. The Kier molecular flexibility index (Phi) is 6.37. The average molecular weight is 398 g/mol. The quantitative estimate of drug-likeness (QED) is 0.613. The number of rotatable bonds is 6. The molecule has 4 rings (SSSR count). The molecule has 1 N–H and O–H groups in total. The number of hydrogen-bond acceptors (Lipinski definition) is 2. The molecule has 0 aliphatic carbocycles. The zero-order valence-electron chi connectivity index (χ0n) is 15.9. The largest absolute Gasteiger partial charge is 1.00 e. The number of para-hydroxylation sites is 2. The molecule has 0 spiro atoms. The van der Waals surface area contributed by atoms with Gasteiger partial charge in [0.15, 0.2) is 12.2 Å². The summed E-state index contributed by atoms with van der Waals surface area (Å²) in [5.41, 5.74) is 3.07. The summed E-state index contributed by atoms with van der Waals surface area (Å²) < 4.78 is 10.0. The van der Waals surface area contributed by atoms with Gasteiger partial charge in [0.25, 0.3) is 11.7 Å². The molecule has 0 atom stereocenters. The van der Waals surface area contributed by atoms with Gasteiger partial charge < -0.3 is 22.5 Å². The number of halogens is 1. The van der Waals surface area contributed by atoms with Crippen LogP contribution < -0.4 is 27.0 Å². The van der Waals surface area contributed by atoms with Crippen LogP contribution in [0.15, 0.2) is 60.8 Å². The zero-order chi connectivity index (χ0) is 18.6. The summed E-state index contributed by atoms with van der Waals surface area (Å²) in [6.45, 7) is 3.79. The van der Waals surface area contributed by atoms with Gasteiger partial charge in [-0.2, -0.15) is 0 Å². The molecule has 5 nitrogen and oxygen atoms in total. The maximum absolute atomic E-state index is 12.7. The lowest BCUT2D eigenvalue weighted by molar-refractivity contribution is -0.690. The van der Waals surface area contributed by atoms with Crippen molar-refractivity contribution >= 4 is 11.6 Å². The van der Waals surface area contributed by atoms with E-state index in [9.17, 15) is 4.79 Å². The maximum Gasteiger partial charge on any atom is 0.266 e. The molecule has 2 aromatic carbocycles. The summed E-state index contributed by atoms with van der Waals surface area (Å²) in [6.07, 6.45) is 4.21. The maximum atomic E-state index is 12.7. The Bertz CT molecular complexity index is 954. The number of aromatic nitrogens is 2. The molecule has 0 fully saturated rings. The Hall–Kier alpha value is -2.79. The smallest absolute Gasteiger partial charge is 0.266 e. The third-order valence-electron chi connectivity index (χ3n) is 4.84. The van der Waals surface area contributed by atoms with Crippen LogP contribution in [0.25, 0.3) is 11.3 Å². The van der Waals surface area contributed by atoms with Gasteiger partial charge in [-0.1, -0.05) is 42.5 Å². The second-order valence-electron chi connectivity index (χ2n) is 6.66. The molecular formula is C22H24ClN3O2. The van der Waals surface area contributed by atoms with Gasteiger partial charge in [0, 0.05) is 5.56 Å². The summed E-state index contributed by atoms with van der Waals surface area (Å²) in [7, 11) is 0. The van der Waals surface area contributed by atoms with Gasteiger partial charge in [0.05, 0.1) is 25.3 Å². The van der Waals surface area contributed by atoms with Crippen LogP contribution >= 0.6 is 0 Å². The van der Waals surface area contributed by atoms with Crippen molar-refractivity contribution < 1.29 is 26.5 Å². The van der Waals surface area contributed by atoms with Crippen molar-refractivity contribution in [3.05, 3.63) is 66.6 Å². The molecule has 6 heteroatoms. The van der Waals surface area contributed by atoms with Crippen molar-refractivity contribution in [2.24, 2.45) is 0 Å². The standard InChI is InChI=1S/C22H23N3O2.ClH/c1-2-27-20-12-7-6-11-18(20)23-21(26)16-24-15-19(17-9-4-3-5-10-17)25-14-8-13-22(24)25;/h3-7,9-12,15H,2,8,13-14,16H2,1H3;1H. The Labute approximate surface area is 171 Å². The first kappa shape index (κ1) is 20.0. The molecule has 1 aromatic heterocycles. The molecule has 1 aliphatic heterocycles. The minimum atomic E-state index is -0.0490. The lowest BCUT2D eigenvalue weighted by atomic mass is 10.2. The normalized spacial score (nSPS) is 12.2. The van der Waals surface area contributed by atoms with Crippen molar-refractivity contribution in [1.29, 1.82) is 0 Å². The molecule has 1 amide bonds. The van der Waals surface area contributed by atoms with E-state index in [0.717, 1.165) is 19.4 Å². The number of hydrogen-bond donors (Lipinski definition) is 1. The van der Waals surface area contributed by atoms with E-state index in [-0.39, 0.29) is 18.3 Å². The highest BCUT2D eigenvalue weighted by Crippen LogP contribution is 2.25. The summed E-state index contributed by atoms with van der Waals surface area (Å²) in [4.78, 5) is 12.7. The Morgan fingerprint density at radius 3 is 2.68 bits per heavy atom. The number of nitrogens with one attached hydrogen (secondary N) is 1. The number of carbonyl (C=O) groups is 1. The minimum Gasteiger partial charge on any atom is -1.00 e. The number of carbonyl (C=O) groups excluding carboxylic acids is 1. The van der Waals surface area contributed by atoms with Crippen LogP contribution in [0, 0.1) is 0 Å². The molecule has 0 bridgehead atoms. The van der Waals surface area contributed by atoms with Crippen molar-refractivity contribution in [2.75, 3.05) is 11.9 Å². The van der Waals surface area contributed by atoms with Crippen molar-refractivity contribution in [3.8, 4) is 17.0 Å². The minimum absolute atomic E-state index is 0. The van der Waals surface area contributed by atoms with Gasteiger partial charge in [-0.15, -0.1) is 0 Å². The van der Waals surface area contributed by atoms with Gasteiger partial charge in [-0.05, 0) is 25.5 Å². The van der Waals surface area contributed by atoms with E-state index in [1.54, 1.807) is 0 Å². The summed E-state index contributed by atoms with van der Waals surface area (Å²) >= 11 is 0. The lowest BCUT2D eigenvalue weighted by Gasteiger charge is -2.10. The number of fused-ring (bicyclic) bond motifs is 1. The summed E-state index contributed by atoms with van der Waals surface area (Å²) in [6, 6.07) is 17.9. The Morgan fingerprint density at radius 2 is 1.89 bits per heavy atom. The molecule has 0 saturated heterocycles. The van der Waals surface area contributed by atoms with Crippen LogP contribution in [-0.2, 0) is 24.3 Å². The Balaban J connectivity index is 0.00000225. The van der Waals surface area contributed by atoms with E-state index in [1.165, 1.54) is 17.1 Å². The first-order valence-corrected chi connectivity index (χ1v) is 9.45. The SMILES string of the molecule is CCOc1ccccc1NC(=O)C[n+]1cc(-c2ccccc2)n2c1CCC2.[Cl-]. The number of amides is 1. The summed E-state index contributed by atoms with van der Waals surface area (Å²) in [5, 5.41) is 2.99. The second kappa shape index (κ2) is 8.93.